The minimum absolute atomic E-state index is 0.0115. The molecule has 0 saturated carbocycles. The summed E-state index contributed by atoms with van der Waals surface area (Å²) in [5.74, 6) is 0. The van der Waals surface area contributed by atoms with Gasteiger partial charge in [0.2, 0.25) is 0 Å². The van der Waals surface area contributed by atoms with Crippen LogP contribution in [0.5, 0.6) is 0 Å². The third-order valence-corrected chi connectivity index (χ3v) is 3.04. The van der Waals surface area contributed by atoms with Gasteiger partial charge in [-0.25, -0.2) is 9.36 Å². The van der Waals surface area contributed by atoms with Crippen molar-refractivity contribution in [2.45, 2.75) is 19.3 Å². The minimum Gasteiger partial charge on any atom is -0.311 e. The van der Waals surface area contributed by atoms with Gasteiger partial charge in [0.25, 0.3) is 5.56 Å². The van der Waals surface area contributed by atoms with Gasteiger partial charge in [0.1, 0.15) is 0 Å². The molecule has 2 rings (SSSR count). The predicted molar refractivity (Wildman–Crippen MR) is 67.3 cm³/mol. The Kier molecular flexibility index (Phi) is 3.21. The van der Waals surface area contributed by atoms with E-state index in [1.807, 2.05) is 0 Å². The molecular weight excluding hydrogens is 275 g/mol. The van der Waals surface area contributed by atoms with Crippen LogP contribution in [-0.2, 0) is 13.2 Å². The molecule has 1 aromatic carbocycles. The summed E-state index contributed by atoms with van der Waals surface area (Å²) >= 11 is 0. The van der Waals surface area contributed by atoms with Crippen molar-refractivity contribution in [3.63, 3.8) is 0 Å². The van der Waals surface area contributed by atoms with Crippen LogP contribution in [0.2, 0.25) is 0 Å². The molecule has 1 heterocycles. The topological polar surface area (TPSA) is 70.0 Å². The molecule has 0 aliphatic rings. The van der Waals surface area contributed by atoms with E-state index in [0.29, 0.717) is 0 Å². The van der Waals surface area contributed by atoms with Gasteiger partial charge >= 0.3 is 11.9 Å². The van der Waals surface area contributed by atoms with Crippen molar-refractivity contribution in [2.24, 2.45) is 12.8 Å². The van der Waals surface area contributed by atoms with Gasteiger partial charge in [0.15, 0.2) is 0 Å². The number of alkyl halides is 3. The third kappa shape index (κ3) is 2.11. The third-order valence-electron chi connectivity index (χ3n) is 3.04. The zero-order chi connectivity index (χ0) is 15.2. The molecule has 0 aliphatic heterocycles. The molecule has 20 heavy (non-hydrogen) atoms. The number of aromatic nitrogens is 2. The summed E-state index contributed by atoms with van der Waals surface area (Å²) < 4.78 is 39.8. The van der Waals surface area contributed by atoms with E-state index >= 15 is 0 Å². The summed E-state index contributed by atoms with van der Waals surface area (Å²) in [6.45, 7) is 1.44. The van der Waals surface area contributed by atoms with E-state index < -0.39 is 29.2 Å². The number of rotatable bonds is 1. The fourth-order valence-electron chi connectivity index (χ4n) is 2.01. The van der Waals surface area contributed by atoms with E-state index in [1.54, 1.807) is 0 Å². The monoisotopic (exact) mass is 287 g/mol. The number of benzene rings is 1. The van der Waals surface area contributed by atoms with Crippen LogP contribution < -0.4 is 17.0 Å². The second-order valence-corrected chi connectivity index (χ2v) is 4.49. The number of nitrogens with two attached hydrogens (primary N) is 1. The Labute approximate surface area is 111 Å². The first-order valence-electron chi connectivity index (χ1n) is 5.72. The van der Waals surface area contributed by atoms with Gasteiger partial charge in [0, 0.05) is 7.05 Å². The summed E-state index contributed by atoms with van der Waals surface area (Å²) in [5.41, 5.74) is 3.09. The fourth-order valence-corrected chi connectivity index (χ4v) is 2.01. The Balaban J connectivity index is 2.94. The summed E-state index contributed by atoms with van der Waals surface area (Å²) in [6, 6.07) is 2.64. The van der Waals surface area contributed by atoms with Crippen molar-refractivity contribution >= 4 is 10.9 Å². The first-order valence-corrected chi connectivity index (χ1v) is 5.72. The highest BCUT2D eigenvalue weighted by molar-refractivity contribution is 5.78. The van der Waals surface area contributed by atoms with Crippen LogP contribution in [0.25, 0.3) is 10.9 Å². The lowest BCUT2D eigenvalue weighted by Crippen LogP contribution is -2.43. The van der Waals surface area contributed by atoms with Crippen molar-refractivity contribution in [3.8, 4) is 0 Å². The second kappa shape index (κ2) is 4.48. The van der Waals surface area contributed by atoms with Gasteiger partial charge in [-0.2, -0.15) is 13.2 Å². The quantitative estimate of drug-likeness (QED) is 0.856. The number of nitrogens with zero attached hydrogens (tertiary/aromatic N) is 2. The number of hydrogen-bond donors (Lipinski definition) is 1. The molecule has 1 atom stereocenters. The summed E-state index contributed by atoms with van der Waals surface area (Å²) in [4.78, 5) is 24.1. The van der Waals surface area contributed by atoms with Crippen molar-refractivity contribution in [1.82, 2.24) is 9.13 Å². The molecule has 0 amide bonds. The van der Waals surface area contributed by atoms with Gasteiger partial charge in [-0.3, -0.25) is 9.36 Å². The fraction of sp³-hybridized carbons (Fsp3) is 0.333. The van der Waals surface area contributed by atoms with Gasteiger partial charge < -0.3 is 5.73 Å². The van der Waals surface area contributed by atoms with Gasteiger partial charge in [-0.05, 0) is 25.1 Å². The minimum atomic E-state index is -4.54. The Morgan fingerprint density at radius 3 is 2.35 bits per heavy atom. The average molecular weight is 287 g/mol. The maximum Gasteiger partial charge on any atom is 0.416 e. The zero-order valence-corrected chi connectivity index (χ0v) is 10.7. The molecule has 0 spiro atoms. The van der Waals surface area contributed by atoms with Crippen LogP contribution in [0.3, 0.4) is 0 Å². The van der Waals surface area contributed by atoms with Crippen LogP contribution in [-0.4, -0.2) is 9.13 Å². The summed E-state index contributed by atoms with van der Waals surface area (Å²) in [5, 5.41) is 0.0115. The molecule has 1 aromatic heterocycles. The number of fused-ring (bicyclic) bond motifs is 1. The number of halogens is 3. The molecule has 0 fully saturated rings. The van der Waals surface area contributed by atoms with Crippen molar-refractivity contribution < 1.29 is 13.2 Å². The Hall–Kier alpha value is -2.09. The molecule has 8 heteroatoms. The number of aryl methyl sites for hydroxylation is 1. The second-order valence-electron chi connectivity index (χ2n) is 4.49. The van der Waals surface area contributed by atoms with Crippen molar-refractivity contribution in [1.29, 1.82) is 0 Å². The highest BCUT2D eigenvalue weighted by Crippen LogP contribution is 2.30. The first-order chi connectivity index (χ1) is 9.14. The van der Waals surface area contributed by atoms with Crippen LogP contribution >= 0.6 is 0 Å². The molecule has 2 N–H and O–H groups in total. The van der Waals surface area contributed by atoms with E-state index in [2.05, 4.69) is 0 Å². The van der Waals surface area contributed by atoms with E-state index in [9.17, 15) is 22.8 Å². The number of hydrogen-bond acceptors (Lipinski definition) is 3. The van der Waals surface area contributed by atoms with Crippen LogP contribution in [0.1, 0.15) is 18.7 Å². The highest BCUT2D eigenvalue weighted by atomic mass is 19.4. The van der Waals surface area contributed by atoms with Crippen LogP contribution in [0.4, 0.5) is 13.2 Å². The standard InChI is InChI=1S/C12H12F3N3O2/c1-6(16)18-10(19)8-4-3-7(12(13,14)15)5-9(8)17(2)11(18)20/h3-6H,16H2,1-2H3. The van der Waals surface area contributed by atoms with Crippen LogP contribution in [0.15, 0.2) is 27.8 Å². The average Bonchev–Trinajstić information content (AvgIpc) is 2.34. The summed E-state index contributed by atoms with van der Waals surface area (Å²) in [7, 11) is 1.29. The molecule has 0 radical (unpaired) electrons. The molecular formula is C12H12F3N3O2. The van der Waals surface area contributed by atoms with Crippen molar-refractivity contribution in [3.05, 3.63) is 44.6 Å². The van der Waals surface area contributed by atoms with E-state index in [0.717, 1.165) is 27.3 Å². The molecule has 1 unspecified atom stereocenters. The predicted octanol–water partition coefficient (Wildman–Crippen LogP) is 1.20. The Morgan fingerprint density at radius 1 is 1.25 bits per heavy atom. The zero-order valence-electron chi connectivity index (χ0n) is 10.7. The lowest BCUT2D eigenvalue weighted by atomic mass is 10.1. The van der Waals surface area contributed by atoms with E-state index in [1.165, 1.54) is 14.0 Å². The molecule has 108 valence electrons. The first kappa shape index (κ1) is 14.3. The van der Waals surface area contributed by atoms with Gasteiger partial charge in [0.05, 0.1) is 22.6 Å². The van der Waals surface area contributed by atoms with E-state index in [4.69, 9.17) is 5.73 Å². The van der Waals surface area contributed by atoms with Gasteiger partial charge in [-0.15, -0.1) is 0 Å². The van der Waals surface area contributed by atoms with E-state index in [-0.39, 0.29) is 10.9 Å². The Morgan fingerprint density at radius 2 is 1.85 bits per heavy atom. The molecule has 2 aromatic rings. The molecule has 0 bridgehead atoms. The lowest BCUT2D eigenvalue weighted by molar-refractivity contribution is -0.137. The normalized spacial score (nSPS) is 13.7. The Bertz CT molecular complexity index is 787. The van der Waals surface area contributed by atoms with Crippen LogP contribution in [0, 0.1) is 0 Å². The smallest absolute Gasteiger partial charge is 0.311 e. The maximum absolute atomic E-state index is 12.7. The molecule has 5 nitrogen and oxygen atoms in total. The summed E-state index contributed by atoms with van der Waals surface area (Å²) in [6.07, 6.45) is -5.41. The van der Waals surface area contributed by atoms with Gasteiger partial charge in [-0.1, -0.05) is 0 Å². The highest BCUT2D eigenvalue weighted by Gasteiger charge is 2.31. The van der Waals surface area contributed by atoms with Crippen molar-refractivity contribution in [2.75, 3.05) is 0 Å². The largest absolute Gasteiger partial charge is 0.416 e. The SMILES string of the molecule is CC(N)n1c(=O)c2ccc(C(F)(F)F)cc2n(C)c1=O. The maximum atomic E-state index is 12.7. The lowest BCUT2D eigenvalue weighted by Gasteiger charge is -2.14. The molecule has 0 saturated heterocycles. The molecule has 0 aliphatic carbocycles.